The van der Waals surface area contributed by atoms with E-state index in [2.05, 4.69) is 26.7 Å². The van der Waals surface area contributed by atoms with Crippen molar-refractivity contribution in [2.24, 2.45) is 0 Å². The molecule has 0 unspecified atom stereocenters. The number of rotatable bonds is 0. The molecule has 5 aromatic rings. The van der Waals surface area contributed by atoms with Crippen LogP contribution in [0, 0.1) is 53.7 Å². The molecule has 6 heteroatoms. The van der Waals surface area contributed by atoms with Crippen molar-refractivity contribution in [2.75, 3.05) is 0 Å². The van der Waals surface area contributed by atoms with E-state index in [1.807, 2.05) is 42.5 Å². The first-order chi connectivity index (χ1) is 16.6. The summed E-state index contributed by atoms with van der Waals surface area (Å²) in [6, 6.07) is 20.7. The van der Waals surface area contributed by atoms with Gasteiger partial charge in [-0.15, -0.1) is 0 Å². The van der Waals surface area contributed by atoms with Crippen molar-refractivity contribution in [3.63, 3.8) is 0 Å². The Hall–Kier alpha value is -5.92. The molecule has 34 heavy (non-hydrogen) atoms. The lowest BCUT2D eigenvalue weighted by Gasteiger charge is -2.17. The summed E-state index contributed by atoms with van der Waals surface area (Å²) in [4.78, 5) is 10.6. The molecule has 6 nitrogen and oxygen atoms in total. The monoisotopic (exact) mass is 428 g/mol. The standard InChI is InChI=1S/C28H8N6/c1-32-26-22(14-31)24-21-11-17(13-30)16(12-29)10-20(21)19-9-8-15-6-4-5-7-18(15)23(19)25(24)27(33-2)28(26)34-3/h4-11H. The molecule has 0 amide bonds. The molecular formula is C28H8N6. The number of hydrogen-bond acceptors (Lipinski definition) is 3. The van der Waals surface area contributed by atoms with Gasteiger partial charge in [-0.05, 0) is 55.2 Å². The minimum Gasteiger partial charge on any atom is -0.262 e. The minimum atomic E-state index is -0.181. The van der Waals surface area contributed by atoms with Crippen molar-refractivity contribution in [2.45, 2.75) is 0 Å². The second kappa shape index (κ2) is 7.34. The summed E-state index contributed by atoms with van der Waals surface area (Å²) in [5, 5.41) is 34.3. The summed E-state index contributed by atoms with van der Waals surface area (Å²) in [6.07, 6.45) is 0. The maximum absolute atomic E-state index is 10.1. The van der Waals surface area contributed by atoms with Crippen LogP contribution in [-0.4, -0.2) is 0 Å². The predicted octanol–water partition coefficient (Wildman–Crippen LogP) is 7.57. The van der Waals surface area contributed by atoms with Crippen LogP contribution in [0.25, 0.3) is 57.6 Å². The lowest BCUT2D eigenvalue weighted by molar-refractivity contribution is 1.45. The first kappa shape index (κ1) is 20.0. The van der Waals surface area contributed by atoms with Crippen LogP contribution in [0.1, 0.15) is 16.7 Å². The number of nitrogens with zero attached hydrogens (tertiary/aromatic N) is 6. The van der Waals surface area contributed by atoms with Crippen LogP contribution in [0.2, 0.25) is 0 Å². The maximum atomic E-state index is 10.1. The zero-order valence-electron chi connectivity index (χ0n) is 17.3. The zero-order chi connectivity index (χ0) is 24.0. The van der Waals surface area contributed by atoms with E-state index in [0.29, 0.717) is 26.9 Å². The second-order valence-corrected chi connectivity index (χ2v) is 7.49. The van der Waals surface area contributed by atoms with Crippen LogP contribution in [0.15, 0.2) is 48.5 Å². The highest BCUT2D eigenvalue weighted by Gasteiger charge is 2.25. The average molecular weight is 428 g/mol. The lowest BCUT2D eigenvalue weighted by Crippen LogP contribution is -1.92. The van der Waals surface area contributed by atoms with Gasteiger partial charge >= 0.3 is 0 Å². The Kier molecular flexibility index (Phi) is 4.32. The first-order valence-electron chi connectivity index (χ1n) is 9.91. The van der Waals surface area contributed by atoms with Crippen LogP contribution in [-0.2, 0) is 0 Å². The van der Waals surface area contributed by atoms with Gasteiger partial charge in [0.1, 0.15) is 12.1 Å². The second-order valence-electron chi connectivity index (χ2n) is 7.49. The highest BCUT2D eigenvalue weighted by Crippen LogP contribution is 2.52. The van der Waals surface area contributed by atoms with Gasteiger partial charge in [0, 0.05) is 0 Å². The van der Waals surface area contributed by atoms with Crippen LogP contribution in [0.3, 0.4) is 0 Å². The van der Waals surface area contributed by atoms with Crippen molar-refractivity contribution in [3.05, 3.63) is 99.5 Å². The molecule has 0 fully saturated rings. The number of benzene rings is 5. The molecule has 5 rings (SSSR count). The average Bonchev–Trinajstić information content (AvgIpc) is 2.89. The Bertz CT molecular complexity index is 2020. The van der Waals surface area contributed by atoms with Crippen molar-refractivity contribution < 1.29 is 0 Å². The smallest absolute Gasteiger partial charge is 0.202 e. The normalized spacial score (nSPS) is 10.2. The number of nitriles is 3. The van der Waals surface area contributed by atoms with Gasteiger partial charge in [-0.2, -0.15) is 15.8 Å². The molecular weight excluding hydrogens is 420 g/mol. The molecule has 5 aromatic carbocycles. The zero-order valence-corrected chi connectivity index (χ0v) is 17.3. The van der Waals surface area contributed by atoms with Gasteiger partial charge in [-0.3, -0.25) is 14.5 Å². The van der Waals surface area contributed by atoms with Gasteiger partial charge in [-0.1, -0.05) is 36.4 Å². The van der Waals surface area contributed by atoms with E-state index in [-0.39, 0.29) is 33.8 Å². The van der Waals surface area contributed by atoms with E-state index in [1.54, 1.807) is 6.07 Å². The SMILES string of the molecule is [C-]#[N+]c1c([N+]#[C-])c([N+]#[C-])c2c(c1C#N)c1cc(C#N)c(C#N)cc1c1ccc3ccccc3c12. The Labute approximate surface area is 193 Å². The summed E-state index contributed by atoms with van der Waals surface area (Å²) < 4.78 is 0. The molecule has 0 aliphatic rings. The van der Waals surface area contributed by atoms with Gasteiger partial charge in [0.15, 0.2) is 5.69 Å². The highest BCUT2D eigenvalue weighted by molar-refractivity contribution is 6.37. The Morgan fingerprint density at radius 1 is 0.559 bits per heavy atom. The Morgan fingerprint density at radius 2 is 1.21 bits per heavy atom. The first-order valence-corrected chi connectivity index (χ1v) is 9.91. The van der Waals surface area contributed by atoms with E-state index in [4.69, 9.17) is 19.7 Å². The summed E-state index contributed by atoms with van der Waals surface area (Å²) in [5.74, 6) is 0. The maximum Gasteiger partial charge on any atom is 0.202 e. The van der Waals surface area contributed by atoms with Crippen molar-refractivity contribution in [3.8, 4) is 18.2 Å². The van der Waals surface area contributed by atoms with Crippen LogP contribution >= 0.6 is 0 Å². The summed E-state index contributed by atoms with van der Waals surface area (Å²) >= 11 is 0. The number of fused-ring (bicyclic) bond motifs is 8. The molecule has 0 radical (unpaired) electrons. The van der Waals surface area contributed by atoms with E-state index < -0.39 is 0 Å². The fourth-order valence-electron chi connectivity index (χ4n) is 4.64. The molecule has 150 valence electrons. The Morgan fingerprint density at radius 3 is 1.82 bits per heavy atom. The fraction of sp³-hybridized carbons (Fsp3) is 0. The van der Waals surface area contributed by atoms with Crippen LogP contribution in [0.4, 0.5) is 17.1 Å². The van der Waals surface area contributed by atoms with Gasteiger partial charge in [0.05, 0.1) is 42.5 Å². The molecule has 0 aliphatic carbocycles. The van der Waals surface area contributed by atoms with Crippen molar-refractivity contribution in [1.82, 2.24) is 0 Å². The Balaban J connectivity index is 2.34. The molecule has 0 aromatic heterocycles. The van der Waals surface area contributed by atoms with E-state index >= 15 is 0 Å². The van der Waals surface area contributed by atoms with Gasteiger partial charge in [-0.25, -0.2) is 0 Å². The van der Waals surface area contributed by atoms with E-state index in [1.165, 1.54) is 6.07 Å². The topological polar surface area (TPSA) is 84.5 Å². The fourth-order valence-corrected chi connectivity index (χ4v) is 4.64. The van der Waals surface area contributed by atoms with Gasteiger partial charge in [0.2, 0.25) is 11.4 Å². The van der Waals surface area contributed by atoms with Gasteiger partial charge < -0.3 is 0 Å². The van der Waals surface area contributed by atoms with Crippen LogP contribution < -0.4 is 0 Å². The number of hydrogen-bond donors (Lipinski definition) is 0. The third-order valence-electron chi connectivity index (χ3n) is 6.01. The quantitative estimate of drug-likeness (QED) is 0.188. The van der Waals surface area contributed by atoms with Crippen LogP contribution in [0.5, 0.6) is 0 Å². The molecule has 0 bridgehead atoms. The molecule has 0 atom stereocenters. The molecule has 0 aliphatic heterocycles. The van der Waals surface area contributed by atoms with Gasteiger partial charge in [0.25, 0.3) is 0 Å². The molecule has 0 saturated heterocycles. The predicted molar refractivity (Wildman–Crippen MR) is 129 cm³/mol. The molecule has 0 spiro atoms. The summed E-state index contributed by atoms with van der Waals surface area (Å²) in [5.41, 5.74) is -0.0336. The van der Waals surface area contributed by atoms with E-state index in [9.17, 15) is 15.8 Å². The lowest BCUT2D eigenvalue weighted by atomic mass is 9.86. The van der Waals surface area contributed by atoms with Crippen molar-refractivity contribution >= 4 is 60.2 Å². The largest absolute Gasteiger partial charge is 0.262 e. The molecule has 0 heterocycles. The summed E-state index contributed by atoms with van der Waals surface area (Å²) in [7, 11) is 0. The van der Waals surface area contributed by atoms with Crippen molar-refractivity contribution in [1.29, 1.82) is 15.8 Å². The summed E-state index contributed by atoms with van der Waals surface area (Å²) in [6.45, 7) is 23.2. The highest BCUT2D eigenvalue weighted by atomic mass is 14.8. The minimum absolute atomic E-state index is 0.00104. The van der Waals surface area contributed by atoms with E-state index in [0.717, 1.165) is 16.2 Å². The third kappa shape index (κ3) is 2.43. The third-order valence-corrected chi connectivity index (χ3v) is 6.01. The molecule has 0 N–H and O–H groups in total. The molecule has 0 saturated carbocycles.